The monoisotopic (exact) mass is 219 g/mol. The molecule has 0 fully saturated rings. The maximum absolute atomic E-state index is 5.91. The van der Waals surface area contributed by atoms with E-state index in [-0.39, 0.29) is 12.4 Å². The molecule has 1 aromatic rings. The number of nitrogen functional groups attached to an aromatic ring is 1. The topological polar surface area (TPSA) is 26.0 Å². The molecule has 0 amide bonds. The van der Waals surface area contributed by atoms with Gasteiger partial charge in [0.2, 0.25) is 0 Å². The first-order valence-electron chi connectivity index (χ1n) is 4.10. The van der Waals surface area contributed by atoms with Crippen molar-refractivity contribution >= 4 is 29.7 Å². The first-order chi connectivity index (χ1) is 5.66. The minimum absolute atomic E-state index is 0. The van der Waals surface area contributed by atoms with Crippen LogP contribution >= 0.6 is 24.0 Å². The van der Waals surface area contributed by atoms with Crippen molar-refractivity contribution < 1.29 is 0 Å². The summed E-state index contributed by atoms with van der Waals surface area (Å²) in [6.45, 7) is 4.26. The SMILES string of the molecule is CC(C)c1cccc(CCl)c1N.Cl. The van der Waals surface area contributed by atoms with Crippen molar-refractivity contribution in [2.75, 3.05) is 5.73 Å². The maximum Gasteiger partial charge on any atom is 0.0494 e. The largest absolute Gasteiger partial charge is 0.398 e. The van der Waals surface area contributed by atoms with Gasteiger partial charge in [0.15, 0.2) is 0 Å². The van der Waals surface area contributed by atoms with Gasteiger partial charge in [0.25, 0.3) is 0 Å². The minimum Gasteiger partial charge on any atom is -0.398 e. The van der Waals surface area contributed by atoms with Crippen LogP contribution in [0, 0.1) is 0 Å². The molecule has 3 heteroatoms. The summed E-state index contributed by atoms with van der Waals surface area (Å²) in [5.41, 5.74) is 8.98. The molecule has 13 heavy (non-hydrogen) atoms. The van der Waals surface area contributed by atoms with Crippen molar-refractivity contribution in [3.8, 4) is 0 Å². The highest BCUT2D eigenvalue weighted by atomic mass is 35.5. The Balaban J connectivity index is 0.00000144. The number of para-hydroxylation sites is 1. The normalized spacial score (nSPS) is 9.85. The van der Waals surface area contributed by atoms with Crippen LogP contribution in [0.4, 0.5) is 5.69 Å². The van der Waals surface area contributed by atoms with Gasteiger partial charge in [-0.05, 0) is 17.0 Å². The van der Waals surface area contributed by atoms with Gasteiger partial charge in [0.1, 0.15) is 0 Å². The fraction of sp³-hybridized carbons (Fsp3) is 0.400. The van der Waals surface area contributed by atoms with Crippen LogP contribution in [0.5, 0.6) is 0 Å². The summed E-state index contributed by atoms with van der Waals surface area (Å²) in [6.07, 6.45) is 0. The number of rotatable bonds is 2. The lowest BCUT2D eigenvalue weighted by Gasteiger charge is -2.11. The van der Waals surface area contributed by atoms with Crippen LogP contribution in [0.15, 0.2) is 18.2 Å². The van der Waals surface area contributed by atoms with Crippen molar-refractivity contribution in [1.29, 1.82) is 0 Å². The Labute approximate surface area is 90.7 Å². The average molecular weight is 220 g/mol. The molecule has 0 saturated heterocycles. The van der Waals surface area contributed by atoms with Crippen molar-refractivity contribution in [2.45, 2.75) is 25.6 Å². The lowest BCUT2D eigenvalue weighted by Crippen LogP contribution is -1.99. The third-order valence-corrected chi connectivity index (χ3v) is 2.28. The van der Waals surface area contributed by atoms with E-state index in [1.165, 1.54) is 5.56 Å². The Morgan fingerprint density at radius 1 is 1.38 bits per heavy atom. The number of alkyl halides is 1. The van der Waals surface area contributed by atoms with E-state index in [1.54, 1.807) is 0 Å². The Kier molecular flexibility index (Phi) is 5.19. The van der Waals surface area contributed by atoms with Crippen LogP contribution in [0.3, 0.4) is 0 Å². The maximum atomic E-state index is 5.91. The van der Waals surface area contributed by atoms with E-state index >= 15 is 0 Å². The van der Waals surface area contributed by atoms with Gasteiger partial charge in [-0.25, -0.2) is 0 Å². The third-order valence-electron chi connectivity index (χ3n) is 2.00. The third kappa shape index (κ3) is 2.78. The van der Waals surface area contributed by atoms with Crippen LogP contribution < -0.4 is 5.73 Å². The molecule has 0 aliphatic heterocycles. The molecule has 1 nitrogen and oxygen atoms in total. The predicted molar refractivity (Wildman–Crippen MR) is 61.7 cm³/mol. The van der Waals surface area contributed by atoms with Crippen molar-refractivity contribution in [2.24, 2.45) is 0 Å². The van der Waals surface area contributed by atoms with Crippen LogP contribution in [-0.4, -0.2) is 0 Å². The molecule has 0 unspecified atom stereocenters. The zero-order valence-electron chi connectivity index (χ0n) is 7.88. The standard InChI is InChI=1S/C10H14ClN.ClH/c1-7(2)9-5-3-4-8(6-11)10(9)12;/h3-5,7H,6,12H2,1-2H3;1H. The molecule has 0 aliphatic rings. The van der Waals surface area contributed by atoms with Gasteiger partial charge in [-0.15, -0.1) is 24.0 Å². The van der Waals surface area contributed by atoms with Gasteiger partial charge in [-0.2, -0.15) is 0 Å². The van der Waals surface area contributed by atoms with E-state index in [0.717, 1.165) is 11.3 Å². The summed E-state index contributed by atoms with van der Waals surface area (Å²) in [7, 11) is 0. The Morgan fingerprint density at radius 3 is 2.46 bits per heavy atom. The van der Waals surface area contributed by atoms with Crippen LogP contribution in [0.1, 0.15) is 30.9 Å². The molecule has 2 N–H and O–H groups in total. The zero-order chi connectivity index (χ0) is 9.14. The summed E-state index contributed by atoms with van der Waals surface area (Å²) in [4.78, 5) is 0. The molecule has 0 aromatic heterocycles. The lowest BCUT2D eigenvalue weighted by atomic mass is 9.99. The summed E-state index contributed by atoms with van der Waals surface area (Å²) in [5.74, 6) is 0.958. The molecule has 0 radical (unpaired) electrons. The second-order valence-electron chi connectivity index (χ2n) is 3.21. The van der Waals surface area contributed by atoms with E-state index in [9.17, 15) is 0 Å². The predicted octanol–water partition coefficient (Wildman–Crippen LogP) is 3.55. The first kappa shape index (κ1) is 12.6. The molecule has 1 aromatic carbocycles. The van der Waals surface area contributed by atoms with Gasteiger partial charge in [0.05, 0.1) is 0 Å². The Bertz CT molecular complexity index is 272. The lowest BCUT2D eigenvalue weighted by molar-refractivity contribution is 0.868. The quantitative estimate of drug-likeness (QED) is 0.598. The molecule has 1 rings (SSSR count). The fourth-order valence-electron chi connectivity index (χ4n) is 1.25. The molecular weight excluding hydrogens is 205 g/mol. The van der Waals surface area contributed by atoms with E-state index in [4.69, 9.17) is 17.3 Å². The van der Waals surface area contributed by atoms with Crippen molar-refractivity contribution in [3.05, 3.63) is 29.3 Å². The second kappa shape index (κ2) is 5.36. The van der Waals surface area contributed by atoms with Crippen LogP contribution in [0.25, 0.3) is 0 Å². The molecule has 0 atom stereocenters. The molecule has 0 bridgehead atoms. The second-order valence-corrected chi connectivity index (χ2v) is 3.48. The minimum atomic E-state index is 0. The highest BCUT2D eigenvalue weighted by molar-refractivity contribution is 6.17. The molecule has 74 valence electrons. The molecular formula is C10H15Cl2N. The van der Waals surface area contributed by atoms with Crippen molar-refractivity contribution in [3.63, 3.8) is 0 Å². The summed E-state index contributed by atoms with van der Waals surface area (Å²) in [6, 6.07) is 6.02. The van der Waals surface area contributed by atoms with Crippen molar-refractivity contribution in [1.82, 2.24) is 0 Å². The number of nitrogens with two attached hydrogens (primary N) is 1. The molecule has 0 saturated carbocycles. The van der Waals surface area contributed by atoms with Crippen LogP contribution in [0.2, 0.25) is 0 Å². The van der Waals surface area contributed by atoms with Gasteiger partial charge in [0, 0.05) is 11.6 Å². The highest BCUT2D eigenvalue weighted by Gasteiger charge is 2.06. The van der Waals surface area contributed by atoms with E-state index in [1.807, 2.05) is 12.1 Å². The van der Waals surface area contributed by atoms with Gasteiger partial charge >= 0.3 is 0 Å². The zero-order valence-corrected chi connectivity index (χ0v) is 9.45. The summed E-state index contributed by atoms with van der Waals surface area (Å²) in [5, 5.41) is 0. The summed E-state index contributed by atoms with van der Waals surface area (Å²) >= 11 is 5.73. The van der Waals surface area contributed by atoms with E-state index in [0.29, 0.717) is 11.8 Å². The number of hydrogen-bond donors (Lipinski definition) is 1. The smallest absolute Gasteiger partial charge is 0.0494 e. The number of halogens is 2. The molecule has 0 aliphatic carbocycles. The van der Waals surface area contributed by atoms with Gasteiger partial charge in [-0.1, -0.05) is 32.0 Å². The van der Waals surface area contributed by atoms with E-state index in [2.05, 4.69) is 19.9 Å². The summed E-state index contributed by atoms with van der Waals surface area (Å²) < 4.78 is 0. The Morgan fingerprint density at radius 2 is 2.00 bits per heavy atom. The van der Waals surface area contributed by atoms with E-state index < -0.39 is 0 Å². The number of benzene rings is 1. The molecule has 0 heterocycles. The average Bonchev–Trinajstić information content (AvgIpc) is 2.04. The van der Waals surface area contributed by atoms with Gasteiger partial charge < -0.3 is 5.73 Å². The van der Waals surface area contributed by atoms with Crippen LogP contribution in [-0.2, 0) is 5.88 Å². The number of hydrogen-bond acceptors (Lipinski definition) is 1. The fourth-order valence-corrected chi connectivity index (χ4v) is 1.49. The number of anilines is 1. The van der Waals surface area contributed by atoms with Gasteiger partial charge in [-0.3, -0.25) is 0 Å². The first-order valence-corrected chi connectivity index (χ1v) is 4.63. The highest BCUT2D eigenvalue weighted by Crippen LogP contribution is 2.25. The Hall–Kier alpha value is -0.400. The molecule has 0 spiro atoms.